The minimum atomic E-state index is 0. The number of hydrogen-bond acceptors (Lipinski definition) is 4. The number of halogens is 1. The summed E-state index contributed by atoms with van der Waals surface area (Å²) in [6.45, 7) is 15.8. The number of nitrogens with one attached hydrogen (secondary N) is 2. The van der Waals surface area contributed by atoms with Crippen LogP contribution in [0.2, 0.25) is 0 Å². The highest BCUT2D eigenvalue weighted by Crippen LogP contribution is 2.03. The van der Waals surface area contributed by atoms with Crippen molar-refractivity contribution in [1.82, 2.24) is 30.2 Å². The second kappa shape index (κ2) is 14.2. The molecule has 2 N–H and O–H groups in total. The molecule has 1 aromatic rings. The molecule has 0 amide bonds. The maximum atomic E-state index is 4.71. The van der Waals surface area contributed by atoms with Crippen molar-refractivity contribution < 1.29 is 0 Å². The maximum Gasteiger partial charge on any atom is 0.191 e. The minimum absolute atomic E-state index is 0. The number of likely N-dealkylation sites (N-methyl/N-ethyl adjacent to an activating group) is 1. The third-order valence-corrected chi connectivity index (χ3v) is 5.00. The van der Waals surface area contributed by atoms with Crippen LogP contribution in [0.4, 0.5) is 0 Å². The van der Waals surface area contributed by atoms with E-state index in [0.29, 0.717) is 0 Å². The molecule has 0 aromatic carbocycles. The van der Waals surface area contributed by atoms with Crippen LogP contribution in [0.3, 0.4) is 0 Å². The van der Waals surface area contributed by atoms with Crippen LogP contribution in [0.5, 0.6) is 0 Å². The van der Waals surface area contributed by atoms with E-state index in [4.69, 9.17) is 4.99 Å². The number of rotatable bonds is 9. The standard InChI is InChI=1S/C20H39N7.HI/c1-5-21-20(23-10-7-14-27-19(3)17-18(2)24-27)22-9-6-12-26-13-8-11-25(4)15-16-26;/h17H,5-16H2,1-4H3,(H2,21,22,23);1H. The normalized spacial score (nSPS) is 16.5. The second-order valence-electron chi connectivity index (χ2n) is 7.54. The highest BCUT2D eigenvalue weighted by molar-refractivity contribution is 14.0. The third kappa shape index (κ3) is 9.56. The molecule has 162 valence electrons. The number of aryl methyl sites for hydroxylation is 3. The van der Waals surface area contributed by atoms with Crippen LogP contribution in [0.25, 0.3) is 0 Å². The summed E-state index contributed by atoms with van der Waals surface area (Å²) in [6, 6.07) is 2.12. The predicted molar refractivity (Wildman–Crippen MR) is 129 cm³/mol. The molecule has 0 radical (unpaired) electrons. The van der Waals surface area contributed by atoms with Crippen molar-refractivity contribution in [3.05, 3.63) is 17.5 Å². The molecule has 1 aliphatic rings. The molecule has 1 aliphatic heterocycles. The van der Waals surface area contributed by atoms with Gasteiger partial charge in [0.2, 0.25) is 0 Å². The summed E-state index contributed by atoms with van der Waals surface area (Å²) < 4.78 is 2.07. The van der Waals surface area contributed by atoms with Gasteiger partial charge in [-0.15, -0.1) is 24.0 Å². The van der Waals surface area contributed by atoms with E-state index in [1.807, 2.05) is 6.92 Å². The van der Waals surface area contributed by atoms with Crippen molar-refractivity contribution in [3.8, 4) is 0 Å². The zero-order valence-electron chi connectivity index (χ0n) is 18.2. The van der Waals surface area contributed by atoms with Gasteiger partial charge in [-0.25, -0.2) is 0 Å². The van der Waals surface area contributed by atoms with Gasteiger partial charge in [0.1, 0.15) is 0 Å². The van der Waals surface area contributed by atoms with Gasteiger partial charge in [-0.2, -0.15) is 5.10 Å². The SMILES string of the molecule is CCNC(=NCCCn1nc(C)cc1C)NCCCN1CCCN(C)CC1.I. The molecule has 1 fully saturated rings. The quantitative estimate of drug-likeness (QED) is 0.233. The molecule has 0 atom stereocenters. The average Bonchev–Trinajstić information content (AvgIpc) is 2.82. The van der Waals surface area contributed by atoms with E-state index < -0.39 is 0 Å². The van der Waals surface area contributed by atoms with Gasteiger partial charge in [-0.3, -0.25) is 9.67 Å². The molecule has 0 aliphatic carbocycles. The van der Waals surface area contributed by atoms with Crippen molar-refractivity contribution in [2.24, 2.45) is 4.99 Å². The number of hydrogen-bond donors (Lipinski definition) is 2. The Hall–Kier alpha value is -0.870. The lowest BCUT2D eigenvalue weighted by molar-refractivity contribution is 0.274. The van der Waals surface area contributed by atoms with E-state index >= 15 is 0 Å². The second-order valence-corrected chi connectivity index (χ2v) is 7.54. The molecule has 0 spiro atoms. The monoisotopic (exact) mass is 505 g/mol. The molecule has 2 heterocycles. The number of aliphatic imine (C=N–C) groups is 1. The zero-order valence-corrected chi connectivity index (χ0v) is 20.5. The number of nitrogens with zero attached hydrogens (tertiary/aromatic N) is 5. The van der Waals surface area contributed by atoms with Gasteiger partial charge in [-0.1, -0.05) is 0 Å². The Labute approximate surface area is 188 Å². The molecule has 1 aromatic heterocycles. The van der Waals surface area contributed by atoms with Crippen molar-refractivity contribution >= 4 is 29.9 Å². The summed E-state index contributed by atoms with van der Waals surface area (Å²) in [4.78, 5) is 9.73. The van der Waals surface area contributed by atoms with Crippen LogP contribution < -0.4 is 10.6 Å². The van der Waals surface area contributed by atoms with Crippen LogP contribution >= 0.6 is 24.0 Å². The van der Waals surface area contributed by atoms with Crippen molar-refractivity contribution in [1.29, 1.82) is 0 Å². The minimum Gasteiger partial charge on any atom is -0.357 e. The molecule has 7 nitrogen and oxygen atoms in total. The zero-order chi connectivity index (χ0) is 19.5. The number of aromatic nitrogens is 2. The molecular formula is C20H40IN7. The van der Waals surface area contributed by atoms with Crippen molar-refractivity contribution in [2.75, 3.05) is 59.4 Å². The summed E-state index contributed by atoms with van der Waals surface area (Å²) in [5.41, 5.74) is 2.31. The lowest BCUT2D eigenvalue weighted by atomic mass is 10.3. The summed E-state index contributed by atoms with van der Waals surface area (Å²) in [5, 5.41) is 11.3. The Morgan fingerprint density at radius 1 is 1.11 bits per heavy atom. The fraction of sp³-hybridized carbons (Fsp3) is 0.800. The Morgan fingerprint density at radius 3 is 2.64 bits per heavy atom. The largest absolute Gasteiger partial charge is 0.357 e. The predicted octanol–water partition coefficient (Wildman–Crippen LogP) is 2.09. The van der Waals surface area contributed by atoms with E-state index in [0.717, 1.165) is 57.2 Å². The molecule has 28 heavy (non-hydrogen) atoms. The van der Waals surface area contributed by atoms with Gasteiger partial charge in [-0.05, 0) is 72.8 Å². The van der Waals surface area contributed by atoms with Crippen LogP contribution in [-0.2, 0) is 6.54 Å². The van der Waals surface area contributed by atoms with Crippen molar-refractivity contribution in [2.45, 2.75) is 46.6 Å². The summed E-state index contributed by atoms with van der Waals surface area (Å²) in [5.74, 6) is 0.932. The van der Waals surface area contributed by atoms with E-state index in [1.54, 1.807) is 0 Å². The molecule has 1 saturated heterocycles. The first-order valence-electron chi connectivity index (χ1n) is 10.5. The van der Waals surface area contributed by atoms with E-state index in [-0.39, 0.29) is 24.0 Å². The first-order valence-corrected chi connectivity index (χ1v) is 10.5. The summed E-state index contributed by atoms with van der Waals surface area (Å²) in [7, 11) is 2.22. The van der Waals surface area contributed by atoms with Gasteiger partial charge in [0.15, 0.2) is 5.96 Å². The van der Waals surface area contributed by atoms with Gasteiger partial charge in [0, 0.05) is 45.0 Å². The topological polar surface area (TPSA) is 60.7 Å². The Morgan fingerprint density at radius 2 is 1.93 bits per heavy atom. The summed E-state index contributed by atoms with van der Waals surface area (Å²) in [6.07, 6.45) is 3.43. The van der Waals surface area contributed by atoms with Gasteiger partial charge < -0.3 is 20.4 Å². The lowest BCUT2D eigenvalue weighted by Crippen LogP contribution is -2.39. The Balaban J connectivity index is 0.00000392. The number of guanidine groups is 1. The molecule has 0 saturated carbocycles. The van der Waals surface area contributed by atoms with E-state index in [9.17, 15) is 0 Å². The first kappa shape index (κ1) is 25.2. The van der Waals surface area contributed by atoms with Gasteiger partial charge in [0.25, 0.3) is 0 Å². The molecule has 0 bridgehead atoms. The fourth-order valence-electron chi connectivity index (χ4n) is 3.49. The van der Waals surface area contributed by atoms with Crippen molar-refractivity contribution in [3.63, 3.8) is 0 Å². The smallest absolute Gasteiger partial charge is 0.191 e. The van der Waals surface area contributed by atoms with Crippen LogP contribution in [-0.4, -0.2) is 84.9 Å². The van der Waals surface area contributed by atoms with Crippen LogP contribution in [0.15, 0.2) is 11.1 Å². The average molecular weight is 505 g/mol. The molecular weight excluding hydrogens is 465 g/mol. The fourth-order valence-corrected chi connectivity index (χ4v) is 3.49. The highest BCUT2D eigenvalue weighted by atomic mass is 127. The van der Waals surface area contributed by atoms with Gasteiger partial charge in [0.05, 0.1) is 5.69 Å². The molecule has 0 unspecified atom stereocenters. The Kier molecular flexibility index (Phi) is 12.7. The molecule has 8 heteroatoms. The highest BCUT2D eigenvalue weighted by Gasteiger charge is 2.11. The van der Waals surface area contributed by atoms with E-state index in [1.165, 1.54) is 38.3 Å². The third-order valence-electron chi connectivity index (χ3n) is 5.00. The Bertz CT molecular complexity index is 573. The van der Waals surface area contributed by atoms with E-state index in [2.05, 4.69) is 57.2 Å². The lowest BCUT2D eigenvalue weighted by Gasteiger charge is -2.20. The van der Waals surface area contributed by atoms with Crippen LogP contribution in [0.1, 0.15) is 37.6 Å². The van der Waals surface area contributed by atoms with Gasteiger partial charge >= 0.3 is 0 Å². The molecule has 2 rings (SSSR count). The summed E-state index contributed by atoms with van der Waals surface area (Å²) >= 11 is 0. The maximum absolute atomic E-state index is 4.71. The van der Waals surface area contributed by atoms with Crippen LogP contribution in [0, 0.1) is 13.8 Å². The first-order chi connectivity index (χ1) is 13.1.